The molecule has 0 heterocycles. The lowest BCUT2D eigenvalue weighted by Gasteiger charge is -2.12. The summed E-state index contributed by atoms with van der Waals surface area (Å²) in [7, 11) is 0. The summed E-state index contributed by atoms with van der Waals surface area (Å²) in [5, 5.41) is 20.9. The molecular weight excluding hydrogens is 389 g/mol. The number of hydrogen-bond acceptors (Lipinski definition) is 5. The fourth-order valence-corrected chi connectivity index (χ4v) is 2.44. The Balaban J connectivity index is 2.03. The van der Waals surface area contributed by atoms with Gasteiger partial charge in [0.25, 0.3) is 0 Å². The number of halogens is 3. The molecule has 0 radical (unpaired) electrons. The van der Waals surface area contributed by atoms with Crippen molar-refractivity contribution in [3.8, 4) is 17.2 Å². The zero-order valence-corrected chi connectivity index (χ0v) is 14.6. The Morgan fingerprint density at radius 3 is 2.41 bits per heavy atom. The number of alkyl halides is 3. The highest BCUT2D eigenvalue weighted by Gasteiger charge is 2.31. The first-order valence-corrected chi connectivity index (χ1v) is 8.20. The molecule has 148 valence electrons. The van der Waals surface area contributed by atoms with Crippen molar-refractivity contribution in [3.05, 3.63) is 88.0 Å². The molecule has 0 spiro atoms. The lowest BCUT2D eigenvalue weighted by atomic mass is 10.1. The lowest BCUT2D eigenvalue weighted by Crippen LogP contribution is -2.04. The van der Waals surface area contributed by atoms with E-state index in [0.29, 0.717) is 5.75 Å². The molecule has 0 saturated heterocycles. The summed E-state index contributed by atoms with van der Waals surface area (Å²) < 4.78 is 44.9. The molecule has 3 rings (SSSR count). The molecule has 0 saturated carbocycles. The summed E-state index contributed by atoms with van der Waals surface area (Å²) in [6.07, 6.45) is -3.56. The Morgan fingerprint density at radius 1 is 1.03 bits per heavy atom. The zero-order chi connectivity index (χ0) is 21.0. The monoisotopic (exact) mass is 402 g/mol. The third-order valence-corrected chi connectivity index (χ3v) is 3.84. The molecule has 0 aliphatic heterocycles. The van der Waals surface area contributed by atoms with E-state index >= 15 is 0 Å². The standard InChI is InChI=1S/C20H13F3N2O4/c21-20(22,23)14-9-10-18(29-15-6-2-1-3-7-15)16(11-14)24-12-13-5-4-8-17(19(13)26)25(27)28/h1-12,26H. The number of phenols is 1. The second-order valence-electron chi connectivity index (χ2n) is 5.83. The molecule has 0 unspecified atom stereocenters. The van der Waals surface area contributed by atoms with Crippen molar-refractivity contribution in [2.45, 2.75) is 6.18 Å². The summed E-state index contributed by atoms with van der Waals surface area (Å²) in [4.78, 5) is 14.1. The molecule has 0 aromatic heterocycles. The predicted octanol–water partition coefficient (Wildman–Crippen LogP) is 5.86. The fourth-order valence-electron chi connectivity index (χ4n) is 2.44. The van der Waals surface area contributed by atoms with Crippen molar-refractivity contribution >= 4 is 17.6 Å². The molecular formula is C20H13F3N2O4. The van der Waals surface area contributed by atoms with Crippen LogP contribution in [0.1, 0.15) is 11.1 Å². The van der Waals surface area contributed by atoms with Crippen LogP contribution in [0.5, 0.6) is 17.2 Å². The van der Waals surface area contributed by atoms with Crippen molar-refractivity contribution in [1.82, 2.24) is 0 Å². The summed E-state index contributed by atoms with van der Waals surface area (Å²) in [5.41, 5.74) is -1.66. The van der Waals surface area contributed by atoms with Crippen molar-refractivity contribution in [2.75, 3.05) is 0 Å². The number of hydrogen-bond donors (Lipinski definition) is 1. The van der Waals surface area contributed by atoms with E-state index in [9.17, 15) is 28.4 Å². The van der Waals surface area contributed by atoms with Crippen LogP contribution < -0.4 is 4.74 Å². The van der Waals surface area contributed by atoms with Gasteiger partial charge in [0.1, 0.15) is 11.4 Å². The van der Waals surface area contributed by atoms with E-state index in [1.165, 1.54) is 12.1 Å². The van der Waals surface area contributed by atoms with Crippen LogP contribution in [0.3, 0.4) is 0 Å². The van der Waals surface area contributed by atoms with Gasteiger partial charge < -0.3 is 9.84 Å². The van der Waals surface area contributed by atoms with Crippen LogP contribution in [0.4, 0.5) is 24.5 Å². The first-order valence-electron chi connectivity index (χ1n) is 8.20. The first-order chi connectivity index (χ1) is 13.8. The molecule has 0 bridgehead atoms. The fraction of sp³-hybridized carbons (Fsp3) is 0.0500. The number of para-hydroxylation sites is 2. The van der Waals surface area contributed by atoms with Gasteiger partial charge in [-0.3, -0.25) is 15.1 Å². The molecule has 29 heavy (non-hydrogen) atoms. The quantitative estimate of drug-likeness (QED) is 0.329. The van der Waals surface area contributed by atoms with Crippen LogP contribution in [0.2, 0.25) is 0 Å². The minimum absolute atomic E-state index is 0.0257. The van der Waals surface area contributed by atoms with Gasteiger partial charge in [0, 0.05) is 17.8 Å². The van der Waals surface area contributed by atoms with Crippen molar-refractivity contribution in [1.29, 1.82) is 0 Å². The lowest BCUT2D eigenvalue weighted by molar-refractivity contribution is -0.385. The van der Waals surface area contributed by atoms with Crippen LogP contribution >= 0.6 is 0 Å². The third kappa shape index (κ3) is 4.70. The van der Waals surface area contributed by atoms with Gasteiger partial charge in [0.2, 0.25) is 5.75 Å². The number of aliphatic imine (C=N–C) groups is 1. The molecule has 3 aromatic rings. The number of ether oxygens (including phenoxy) is 1. The first kappa shape index (κ1) is 19.9. The Morgan fingerprint density at radius 2 is 1.76 bits per heavy atom. The highest BCUT2D eigenvalue weighted by molar-refractivity contribution is 5.87. The number of rotatable bonds is 5. The maximum Gasteiger partial charge on any atom is 0.416 e. The minimum atomic E-state index is -4.59. The normalized spacial score (nSPS) is 11.6. The molecule has 1 N–H and O–H groups in total. The maximum absolute atomic E-state index is 13.1. The van der Waals surface area contributed by atoms with E-state index in [2.05, 4.69) is 4.99 Å². The average molecular weight is 402 g/mol. The van der Waals surface area contributed by atoms with Crippen LogP contribution in [0.15, 0.2) is 71.7 Å². The SMILES string of the molecule is O=[N+]([O-])c1cccc(C=Nc2cc(C(F)(F)F)ccc2Oc2ccccc2)c1O. The Bertz CT molecular complexity index is 1070. The van der Waals surface area contributed by atoms with Gasteiger partial charge in [0.05, 0.1) is 10.5 Å². The van der Waals surface area contributed by atoms with Gasteiger partial charge in [-0.25, -0.2) is 0 Å². The van der Waals surface area contributed by atoms with Crippen LogP contribution in [-0.4, -0.2) is 16.2 Å². The molecule has 6 nitrogen and oxygen atoms in total. The van der Waals surface area contributed by atoms with E-state index in [0.717, 1.165) is 30.5 Å². The molecule has 0 amide bonds. The van der Waals surface area contributed by atoms with Crippen LogP contribution in [0, 0.1) is 10.1 Å². The second-order valence-corrected chi connectivity index (χ2v) is 5.83. The number of nitro benzene ring substituents is 1. The molecule has 0 fully saturated rings. The van der Waals surface area contributed by atoms with Crippen molar-refractivity contribution in [3.63, 3.8) is 0 Å². The Labute approximate surface area is 162 Å². The van der Waals surface area contributed by atoms with E-state index < -0.39 is 28.1 Å². The minimum Gasteiger partial charge on any atom is -0.502 e. The molecule has 0 aliphatic rings. The summed E-state index contributed by atoms with van der Waals surface area (Å²) in [6, 6.07) is 15.0. The van der Waals surface area contributed by atoms with Gasteiger partial charge in [-0.1, -0.05) is 24.3 Å². The summed E-state index contributed by atoms with van der Waals surface area (Å²) in [5.74, 6) is -0.203. The molecule has 9 heteroatoms. The van der Waals surface area contributed by atoms with E-state index in [-0.39, 0.29) is 17.0 Å². The third-order valence-electron chi connectivity index (χ3n) is 3.84. The van der Waals surface area contributed by atoms with E-state index in [4.69, 9.17) is 4.74 Å². The van der Waals surface area contributed by atoms with Crippen molar-refractivity contribution in [2.24, 2.45) is 4.99 Å². The smallest absolute Gasteiger partial charge is 0.416 e. The molecule has 3 aromatic carbocycles. The van der Waals surface area contributed by atoms with Crippen molar-refractivity contribution < 1.29 is 27.9 Å². The van der Waals surface area contributed by atoms with Crippen LogP contribution in [-0.2, 0) is 6.18 Å². The number of aromatic hydroxyl groups is 1. The Hall–Kier alpha value is -3.88. The van der Waals surface area contributed by atoms with Crippen LogP contribution in [0.25, 0.3) is 0 Å². The predicted molar refractivity (Wildman–Crippen MR) is 100.0 cm³/mol. The average Bonchev–Trinajstić information content (AvgIpc) is 2.68. The number of phenolic OH excluding ortho intramolecular Hbond substituents is 1. The second kappa shape index (κ2) is 8.01. The zero-order valence-electron chi connectivity index (χ0n) is 14.6. The van der Waals surface area contributed by atoms with E-state index in [1.54, 1.807) is 30.3 Å². The molecule has 0 aliphatic carbocycles. The van der Waals surface area contributed by atoms with Gasteiger partial charge in [-0.2, -0.15) is 13.2 Å². The Kier molecular flexibility index (Phi) is 5.49. The van der Waals surface area contributed by atoms with Gasteiger partial charge in [0.15, 0.2) is 5.75 Å². The highest BCUT2D eigenvalue weighted by Crippen LogP contribution is 2.38. The molecule has 0 atom stereocenters. The summed E-state index contributed by atoms with van der Waals surface area (Å²) >= 11 is 0. The van der Waals surface area contributed by atoms with E-state index in [1.807, 2.05) is 0 Å². The number of nitro groups is 1. The van der Waals surface area contributed by atoms with Gasteiger partial charge in [-0.15, -0.1) is 0 Å². The number of nitrogens with zero attached hydrogens (tertiary/aromatic N) is 2. The number of benzene rings is 3. The summed E-state index contributed by atoms with van der Waals surface area (Å²) in [6.45, 7) is 0. The highest BCUT2D eigenvalue weighted by atomic mass is 19.4. The van der Waals surface area contributed by atoms with Gasteiger partial charge >= 0.3 is 11.9 Å². The van der Waals surface area contributed by atoms with Gasteiger partial charge in [-0.05, 0) is 36.4 Å². The maximum atomic E-state index is 13.1. The topological polar surface area (TPSA) is 85.0 Å². The largest absolute Gasteiger partial charge is 0.502 e.